The Kier molecular flexibility index (Phi) is 6.01. The molecule has 2 aromatic carbocycles. The number of para-hydroxylation sites is 1. The van der Waals surface area contributed by atoms with Gasteiger partial charge in [-0.2, -0.15) is 5.26 Å². The standard InChI is InChI=1S/C18H19N3O2/c1-14-7-9-16(10-8-14)23-12-4-11-20-18(22)21-17-6-3-2-5-15(17)13-19/h2-3,5-10H,4,11-12H2,1H3,(H2,20,21,22). The molecule has 0 aliphatic heterocycles. The van der Waals surface area contributed by atoms with Crippen molar-refractivity contribution in [2.45, 2.75) is 13.3 Å². The molecule has 0 radical (unpaired) electrons. The Labute approximate surface area is 135 Å². The zero-order chi connectivity index (χ0) is 16.5. The predicted molar refractivity (Wildman–Crippen MR) is 89.5 cm³/mol. The first-order chi connectivity index (χ1) is 11.2. The topological polar surface area (TPSA) is 74.2 Å². The molecule has 0 atom stereocenters. The number of hydrogen-bond donors (Lipinski definition) is 2. The van der Waals surface area contributed by atoms with Gasteiger partial charge in [-0.05, 0) is 37.6 Å². The molecule has 0 saturated carbocycles. The van der Waals surface area contributed by atoms with E-state index < -0.39 is 0 Å². The summed E-state index contributed by atoms with van der Waals surface area (Å²) in [6.45, 7) is 3.04. The number of nitrogens with one attached hydrogen (secondary N) is 2. The van der Waals surface area contributed by atoms with Crippen LogP contribution in [-0.4, -0.2) is 19.2 Å². The third kappa shape index (κ3) is 5.36. The fourth-order valence-corrected chi connectivity index (χ4v) is 1.95. The molecule has 2 rings (SSSR count). The highest BCUT2D eigenvalue weighted by Crippen LogP contribution is 2.13. The Bertz CT molecular complexity index is 690. The summed E-state index contributed by atoms with van der Waals surface area (Å²) < 4.78 is 5.58. The zero-order valence-corrected chi connectivity index (χ0v) is 13.0. The van der Waals surface area contributed by atoms with Gasteiger partial charge in [-0.15, -0.1) is 0 Å². The van der Waals surface area contributed by atoms with Crippen molar-refractivity contribution in [2.24, 2.45) is 0 Å². The number of nitrogens with zero attached hydrogens (tertiary/aromatic N) is 1. The van der Waals surface area contributed by atoms with E-state index in [4.69, 9.17) is 10.00 Å². The van der Waals surface area contributed by atoms with E-state index in [1.165, 1.54) is 5.56 Å². The Morgan fingerprint density at radius 1 is 1.17 bits per heavy atom. The molecule has 0 aromatic heterocycles. The molecule has 118 valence electrons. The van der Waals surface area contributed by atoms with Gasteiger partial charge in [0.05, 0.1) is 17.9 Å². The molecule has 0 saturated heterocycles. The maximum atomic E-state index is 11.8. The molecule has 0 aliphatic carbocycles. The van der Waals surface area contributed by atoms with Gasteiger partial charge in [0.15, 0.2) is 0 Å². The van der Waals surface area contributed by atoms with Gasteiger partial charge < -0.3 is 15.4 Å². The monoisotopic (exact) mass is 309 g/mol. The molecule has 2 amide bonds. The molecule has 2 aromatic rings. The maximum absolute atomic E-state index is 11.8. The van der Waals surface area contributed by atoms with Crippen molar-refractivity contribution in [1.82, 2.24) is 5.32 Å². The molecule has 0 bridgehead atoms. The Hall–Kier alpha value is -3.00. The Morgan fingerprint density at radius 3 is 2.65 bits per heavy atom. The number of nitriles is 1. The van der Waals surface area contributed by atoms with Crippen molar-refractivity contribution in [2.75, 3.05) is 18.5 Å². The van der Waals surface area contributed by atoms with Crippen LogP contribution in [0.25, 0.3) is 0 Å². The fraction of sp³-hybridized carbons (Fsp3) is 0.222. The molecule has 0 spiro atoms. The van der Waals surface area contributed by atoms with Gasteiger partial charge in [0.2, 0.25) is 0 Å². The van der Waals surface area contributed by atoms with Crippen molar-refractivity contribution < 1.29 is 9.53 Å². The molecule has 2 N–H and O–H groups in total. The van der Waals surface area contributed by atoms with Crippen LogP contribution in [-0.2, 0) is 0 Å². The molecule has 5 nitrogen and oxygen atoms in total. The summed E-state index contributed by atoms with van der Waals surface area (Å²) in [7, 11) is 0. The van der Waals surface area contributed by atoms with Gasteiger partial charge in [-0.1, -0.05) is 29.8 Å². The van der Waals surface area contributed by atoms with Crippen molar-refractivity contribution >= 4 is 11.7 Å². The van der Waals surface area contributed by atoms with Crippen molar-refractivity contribution in [3.8, 4) is 11.8 Å². The summed E-state index contributed by atoms with van der Waals surface area (Å²) in [6, 6.07) is 16.4. The first-order valence-electron chi connectivity index (χ1n) is 7.42. The second kappa shape index (κ2) is 8.44. The second-order valence-electron chi connectivity index (χ2n) is 5.05. The van der Waals surface area contributed by atoms with Crippen LogP contribution >= 0.6 is 0 Å². The fourth-order valence-electron chi connectivity index (χ4n) is 1.95. The third-order valence-corrected chi connectivity index (χ3v) is 3.19. The van der Waals surface area contributed by atoms with Crippen LogP contribution in [0.4, 0.5) is 10.5 Å². The highest BCUT2D eigenvalue weighted by Gasteiger charge is 2.05. The lowest BCUT2D eigenvalue weighted by Gasteiger charge is -2.09. The quantitative estimate of drug-likeness (QED) is 0.803. The van der Waals surface area contributed by atoms with E-state index in [0.717, 1.165) is 5.75 Å². The third-order valence-electron chi connectivity index (χ3n) is 3.19. The Morgan fingerprint density at radius 2 is 1.91 bits per heavy atom. The average molecular weight is 309 g/mol. The minimum Gasteiger partial charge on any atom is -0.494 e. The first-order valence-corrected chi connectivity index (χ1v) is 7.42. The lowest BCUT2D eigenvalue weighted by atomic mass is 10.2. The summed E-state index contributed by atoms with van der Waals surface area (Å²) in [5.41, 5.74) is 2.13. The van der Waals surface area contributed by atoms with Crippen LogP contribution in [0.5, 0.6) is 5.75 Å². The van der Waals surface area contributed by atoms with Crippen molar-refractivity contribution in [3.63, 3.8) is 0 Å². The van der Waals surface area contributed by atoms with E-state index in [1.54, 1.807) is 24.3 Å². The molecule has 0 fully saturated rings. The summed E-state index contributed by atoms with van der Waals surface area (Å²) in [5, 5.41) is 14.4. The van der Waals surface area contributed by atoms with E-state index in [2.05, 4.69) is 10.6 Å². The SMILES string of the molecule is Cc1ccc(OCCCNC(=O)Nc2ccccc2C#N)cc1. The van der Waals surface area contributed by atoms with Crippen LogP contribution in [0.3, 0.4) is 0 Å². The first kappa shape index (κ1) is 16.4. The number of rotatable bonds is 6. The lowest BCUT2D eigenvalue weighted by molar-refractivity contribution is 0.250. The summed E-state index contributed by atoms with van der Waals surface area (Å²) >= 11 is 0. The minimum atomic E-state index is -0.331. The van der Waals surface area contributed by atoms with E-state index in [0.29, 0.717) is 30.8 Å². The van der Waals surface area contributed by atoms with Gasteiger partial charge in [0.1, 0.15) is 11.8 Å². The smallest absolute Gasteiger partial charge is 0.319 e. The normalized spacial score (nSPS) is 9.74. The molecule has 0 unspecified atom stereocenters. The number of aryl methyl sites for hydroxylation is 1. The van der Waals surface area contributed by atoms with Gasteiger partial charge in [0.25, 0.3) is 0 Å². The van der Waals surface area contributed by atoms with E-state index >= 15 is 0 Å². The van der Waals surface area contributed by atoms with Gasteiger partial charge in [-0.25, -0.2) is 4.79 Å². The minimum absolute atomic E-state index is 0.331. The van der Waals surface area contributed by atoms with E-state index in [1.807, 2.05) is 37.3 Å². The van der Waals surface area contributed by atoms with Gasteiger partial charge in [0, 0.05) is 6.54 Å². The van der Waals surface area contributed by atoms with Crippen LogP contribution in [0, 0.1) is 18.3 Å². The number of benzene rings is 2. The summed E-state index contributed by atoms with van der Waals surface area (Å²) in [6.07, 6.45) is 0.696. The number of hydrogen-bond acceptors (Lipinski definition) is 3. The van der Waals surface area contributed by atoms with E-state index in [-0.39, 0.29) is 6.03 Å². The van der Waals surface area contributed by atoms with Gasteiger partial charge in [-0.3, -0.25) is 0 Å². The molecule has 0 heterocycles. The predicted octanol–water partition coefficient (Wildman–Crippen LogP) is 3.46. The summed E-state index contributed by atoms with van der Waals surface area (Å²) in [4.78, 5) is 11.8. The van der Waals surface area contributed by atoms with Crippen LogP contribution in [0.2, 0.25) is 0 Å². The molecule has 23 heavy (non-hydrogen) atoms. The molecular formula is C18H19N3O2. The number of urea groups is 1. The highest BCUT2D eigenvalue weighted by atomic mass is 16.5. The number of carbonyl (C=O) groups excluding carboxylic acids is 1. The molecule has 5 heteroatoms. The number of amides is 2. The highest BCUT2D eigenvalue weighted by molar-refractivity contribution is 5.90. The van der Waals surface area contributed by atoms with Gasteiger partial charge >= 0.3 is 6.03 Å². The molecule has 0 aliphatic rings. The number of ether oxygens (including phenoxy) is 1. The number of carbonyl (C=O) groups is 1. The second-order valence-corrected chi connectivity index (χ2v) is 5.05. The number of anilines is 1. The van der Waals surface area contributed by atoms with Crippen LogP contribution < -0.4 is 15.4 Å². The van der Waals surface area contributed by atoms with Crippen LogP contribution in [0.15, 0.2) is 48.5 Å². The maximum Gasteiger partial charge on any atom is 0.319 e. The lowest BCUT2D eigenvalue weighted by Crippen LogP contribution is -2.30. The van der Waals surface area contributed by atoms with E-state index in [9.17, 15) is 4.79 Å². The average Bonchev–Trinajstić information content (AvgIpc) is 2.57. The van der Waals surface area contributed by atoms with Crippen molar-refractivity contribution in [1.29, 1.82) is 5.26 Å². The summed E-state index contributed by atoms with van der Waals surface area (Å²) in [5.74, 6) is 0.822. The molecular weight excluding hydrogens is 290 g/mol. The van der Waals surface area contributed by atoms with Crippen molar-refractivity contribution in [3.05, 3.63) is 59.7 Å². The largest absolute Gasteiger partial charge is 0.494 e. The Balaban J connectivity index is 1.67. The zero-order valence-electron chi connectivity index (χ0n) is 13.0. The van der Waals surface area contributed by atoms with Crippen LogP contribution in [0.1, 0.15) is 17.5 Å².